The lowest BCUT2D eigenvalue weighted by Crippen LogP contribution is -2.43. The molecule has 0 unspecified atom stereocenters. The molecule has 32 heavy (non-hydrogen) atoms. The van der Waals surface area contributed by atoms with Gasteiger partial charge in [-0.25, -0.2) is 8.42 Å². The van der Waals surface area contributed by atoms with E-state index in [4.69, 9.17) is 0 Å². The highest BCUT2D eigenvalue weighted by molar-refractivity contribution is 7.92. The summed E-state index contributed by atoms with van der Waals surface area (Å²) >= 11 is 0. The molecule has 3 rings (SSSR count). The average molecular weight is 459 g/mol. The molecule has 7 nitrogen and oxygen atoms in total. The molecule has 174 valence electrons. The van der Waals surface area contributed by atoms with Crippen molar-refractivity contribution < 1.29 is 13.2 Å². The summed E-state index contributed by atoms with van der Waals surface area (Å²) in [7, 11) is -3.80. The highest BCUT2D eigenvalue weighted by Crippen LogP contribution is 2.30. The van der Waals surface area contributed by atoms with E-state index in [0.717, 1.165) is 56.7 Å². The van der Waals surface area contributed by atoms with Crippen molar-refractivity contribution in [1.82, 2.24) is 10.6 Å². The second-order valence-corrected chi connectivity index (χ2v) is 9.93. The average Bonchev–Trinajstić information content (AvgIpc) is 2.80. The molecule has 2 aromatic rings. The van der Waals surface area contributed by atoms with Crippen molar-refractivity contribution in [2.24, 2.45) is 0 Å². The smallest absolute Gasteiger partial charge is 0.261 e. The summed E-state index contributed by atoms with van der Waals surface area (Å²) < 4.78 is 29.1. The highest BCUT2D eigenvalue weighted by Gasteiger charge is 2.21. The molecule has 3 N–H and O–H groups in total. The van der Waals surface area contributed by atoms with Crippen LogP contribution in [0, 0.1) is 0 Å². The van der Waals surface area contributed by atoms with E-state index in [2.05, 4.69) is 27.2 Å². The van der Waals surface area contributed by atoms with Crippen LogP contribution in [0.2, 0.25) is 0 Å². The minimum atomic E-state index is -3.80. The molecule has 8 heteroatoms. The van der Waals surface area contributed by atoms with Gasteiger partial charge in [0.15, 0.2) is 0 Å². The van der Waals surface area contributed by atoms with Crippen molar-refractivity contribution in [3.05, 3.63) is 53.6 Å². The lowest BCUT2D eigenvalue weighted by atomic mass is 10.1. The van der Waals surface area contributed by atoms with E-state index >= 15 is 0 Å². The Morgan fingerprint density at radius 1 is 1.09 bits per heavy atom. The van der Waals surface area contributed by atoms with Crippen LogP contribution in [0.1, 0.15) is 49.5 Å². The highest BCUT2D eigenvalue weighted by atomic mass is 32.2. The third-order valence-corrected chi connectivity index (χ3v) is 7.10. The molecule has 0 radical (unpaired) electrons. The molecule has 2 aromatic carbocycles. The first-order valence-electron chi connectivity index (χ1n) is 11.4. The second-order valence-electron chi connectivity index (χ2n) is 8.25. The summed E-state index contributed by atoms with van der Waals surface area (Å²) in [6, 6.07) is 12.2. The van der Waals surface area contributed by atoms with Gasteiger partial charge >= 0.3 is 0 Å². The van der Waals surface area contributed by atoms with Crippen molar-refractivity contribution in [2.45, 2.75) is 51.0 Å². The molecular formula is C24H34N4O3S. The van der Waals surface area contributed by atoms with Gasteiger partial charge in [0.1, 0.15) is 0 Å². The Morgan fingerprint density at radius 2 is 1.78 bits per heavy atom. The first-order valence-corrected chi connectivity index (χ1v) is 12.8. The molecular weight excluding hydrogens is 424 g/mol. The quantitative estimate of drug-likeness (QED) is 0.536. The van der Waals surface area contributed by atoms with Gasteiger partial charge in [-0.05, 0) is 55.7 Å². The lowest BCUT2D eigenvalue weighted by molar-refractivity contribution is 0.0939. The van der Waals surface area contributed by atoms with Gasteiger partial charge in [-0.2, -0.15) is 0 Å². The number of nitrogens with zero attached hydrogens (tertiary/aromatic N) is 1. The summed E-state index contributed by atoms with van der Waals surface area (Å²) in [6.07, 6.45) is 2.73. The summed E-state index contributed by atoms with van der Waals surface area (Å²) in [5, 5.41) is 6.25. The second kappa shape index (κ2) is 10.8. The van der Waals surface area contributed by atoms with Crippen molar-refractivity contribution in [1.29, 1.82) is 0 Å². The standard InChI is InChI=1S/C24H34N4O3S/c1-4-6-19-7-10-21(11-8-19)32(30,31)27-22-17-20(24(29)26-18(3)5-2)9-12-23(22)28-15-13-25-14-16-28/h7-12,17-18,25,27H,4-6,13-16H2,1-3H3,(H,26,29)/t18-/m1/s1. The maximum atomic E-state index is 13.2. The Bertz CT molecular complexity index is 1020. The number of benzene rings is 2. The Morgan fingerprint density at radius 3 is 2.41 bits per heavy atom. The number of sulfonamides is 1. The Kier molecular flexibility index (Phi) is 8.15. The molecule has 1 fully saturated rings. The van der Waals surface area contributed by atoms with Crippen molar-refractivity contribution >= 4 is 27.3 Å². The van der Waals surface area contributed by atoms with E-state index in [0.29, 0.717) is 11.3 Å². The zero-order valence-electron chi connectivity index (χ0n) is 19.1. The fourth-order valence-corrected chi connectivity index (χ4v) is 4.74. The number of amides is 1. The van der Waals surface area contributed by atoms with Crippen LogP contribution >= 0.6 is 0 Å². The molecule has 0 spiro atoms. The first-order chi connectivity index (χ1) is 15.3. The van der Waals surface area contributed by atoms with Gasteiger partial charge in [0.05, 0.1) is 16.3 Å². The maximum Gasteiger partial charge on any atom is 0.261 e. The van der Waals surface area contributed by atoms with E-state index in [9.17, 15) is 13.2 Å². The number of piperazine rings is 1. The number of aryl methyl sites for hydroxylation is 1. The molecule has 1 atom stereocenters. The monoisotopic (exact) mass is 458 g/mol. The van der Waals surface area contributed by atoms with Crippen LogP contribution in [0.5, 0.6) is 0 Å². The molecule has 1 heterocycles. The molecule has 0 saturated carbocycles. The van der Waals surface area contributed by atoms with Gasteiger partial charge in [-0.15, -0.1) is 0 Å². The summed E-state index contributed by atoms with van der Waals surface area (Å²) in [6.45, 7) is 9.21. The van der Waals surface area contributed by atoms with E-state index in [1.807, 2.05) is 32.0 Å². The third-order valence-electron chi connectivity index (χ3n) is 5.72. The summed E-state index contributed by atoms with van der Waals surface area (Å²) in [4.78, 5) is 15.0. The number of carbonyl (C=O) groups excluding carboxylic acids is 1. The van der Waals surface area contributed by atoms with Crippen LogP contribution in [0.3, 0.4) is 0 Å². The minimum absolute atomic E-state index is 0.0390. The maximum absolute atomic E-state index is 13.2. The van der Waals surface area contributed by atoms with Crippen LogP contribution in [0.15, 0.2) is 47.4 Å². The number of hydrogen-bond acceptors (Lipinski definition) is 5. The van der Waals surface area contributed by atoms with Gasteiger partial charge in [0.25, 0.3) is 15.9 Å². The predicted octanol–water partition coefficient (Wildman–Crippen LogP) is 3.38. The fourth-order valence-electron chi connectivity index (χ4n) is 3.68. The van der Waals surface area contributed by atoms with E-state index < -0.39 is 10.0 Å². The summed E-state index contributed by atoms with van der Waals surface area (Å²) in [5.41, 5.74) is 2.73. The Labute approximate surface area is 191 Å². The molecule has 1 amide bonds. The zero-order chi connectivity index (χ0) is 23.1. The van der Waals surface area contributed by atoms with Crippen molar-refractivity contribution in [3.8, 4) is 0 Å². The van der Waals surface area contributed by atoms with Crippen LogP contribution in [-0.2, 0) is 16.4 Å². The molecule has 0 aromatic heterocycles. The third kappa shape index (κ3) is 6.01. The van der Waals surface area contributed by atoms with Crippen LogP contribution in [-0.4, -0.2) is 46.5 Å². The number of carbonyl (C=O) groups is 1. The Hall–Kier alpha value is -2.58. The normalized spacial score (nSPS) is 15.3. The number of nitrogens with one attached hydrogen (secondary N) is 3. The Balaban J connectivity index is 1.93. The van der Waals surface area contributed by atoms with Gasteiger partial charge in [-0.3, -0.25) is 9.52 Å². The van der Waals surface area contributed by atoms with Gasteiger partial charge in [-0.1, -0.05) is 32.4 Å². The molecule has 1 aliphatic rings. The van der Waals surface area contributed by atoms with Crippen LogP contribution in [0.25, 0.3) is 0 Å². The molecule has 1 saturated heterocycles. The van der Waals surface area contributed by atoms with Crippen LogP contribution in [0.4, 0.5) is 11.4 Å². The number of rotatable bonds is 9. The molecule has 0 bridgehead atoms. The van der Waals surface area contributed by atoms with E-state index in [-0.39, 0.29) is 16.8 Å². The fraction of sp³-hybridized carbons (Fsp3) is 0.458. The molecule has 0 aliphatic carbocycles. The van der Waals surface area contributed by atoms with Gasteiger partial charge in [0, 0.05) is 37.8 Å². The summed E-state index contributed by atoms with van der Waals surface area (Å²) in [5.74, 6) is -0.212. The number of hydrogen-bond donors (Lipinski definition) is 3. The van der Waals surface area contributed by atoms with E-state index in [1.54, 1.807) is 24.3 Å². The van der Waals surface area contributed by atoms with Crippen molar-refractivity contribution in [2.75, 3.05) is 35.8 Å². The van der Waals surface area contributed by atoms with Crippen LogP contribution < -0.4 is 20.3 Å². The van der Waals surface area contributed by atoms with Gasteiger partial charge in [0.2, 0.25) is 0 Å². The molecule has 1 aliphatic heterocycles. The zero-order valence-corrected chi connectivity index (χ0v) is 20.0. The predicted molar refractivity (Wildman–Crippen MR) is 130 cm³/mol. The van der Waals surface area contributed by atoms with Crippen molar-refractivity contribution in [3.63, 3.8) is 0 Å². The van der Waals surface area contributed by atoms with Gasteiger partial charge < -0.3 is 15.5 Å². The lowest BCUT2D eigenvalue weighted by Gasteiger charge is -2.31. The minimum Gasteiger partial charge on any atom is -0.367 e. The topological polar surface area (TPSA) is 90.5 Å². The first kappa shape index (κ1) is 24.1. The van der Waals surface area contributed by atoms with E-state index in [1.165, 1.54) is 0 Å². The largest absolute Gasteiger partial charge is 0.367 e. The SMILES string of the molecule is CCCc1ccc(S(=O)(=O)Nc2cc(C(=O)N[C@H](C)CC)ccc2N2CCNCC2)cc1. The number of anilines is 2.